The average molecular weight is 268 g/mol. The van der Waals surface area contributed by atoms with E-state index in [1.54, 1.807) is 0 Å². The van der Waals surface area contributed by atoms with Gasteiger partial charge in [0.1, 0.15) is 11.9 Å². The first-order valence-electron chi connectivity index (χ1n) is 6.79. The van der Waals surface area contributed by atoms with Crippen LogP contribution in [0.4, 0.5) is 0 Å². The Balaban J connectivity index is 2.41. The van der Waals surface area contributed by atoms with Gasteiger partial charge in [-0.3, -0.25) is 0 Å². The lowest BCUT2D eigenvalue weighted by Gasteiger charge is -2.20. The number of nitrogens with one attached hydrogen (secondary N) is 1. The summed E-state index contributed by atoms with van der Waals surface area (Å²) in [5.74, 6) is 1.01. The van der Waals surface area contributed by atoms with Crippen LogP contribution in [-0.4, -0.2) is 12.6 Å². The third kappa shape index (κ3) is 2.24. The average Bonchev–Trinajstić information content (AvgIpc) is 2.71. The molecule has 0 aromatic heterocycles. The van der Waals surface area contributed by atoms with Crippen molar-refractivity contribution >= 4 is 11.6 Å². The van der Waals surface area contributed by atoms with Crippen LogP contribution >= 0.6 is 11.6 Å². The molecule has 2 nitrogen and oxygen atoms in total. The molecule has 0 amide bonds. The van der Waals surface area contributed by atoms with Crippen LogP contribution in [-0.2, 0) is 0 Å². The Morgan fingerprint density at radius 1 is 1.33 bits per heavy atom. The second-order valence-corrected chi connectivity index (χ2v) is 5.42. The van der Waals surface area contributed by atoms with E-state index in [-0.39, 0.29) is 12.1 Å². The number of fused-ring (bicyclic) bond motifs is 1. The van der Waals surface area contributed by atoms with Crippen LogP contribution in [0.1, 0.15) is 49.4 Å². The molecule has 1 aromatic rings. The van der Waals surface area contributed by atoms with Crippen LogP contribution in [0, 0.1) is 13.8 Å². The Bertz CT molecular complexity index is 445. The Labute approximate surface area is 115 Å². The standard InChI is InChI=1S/C15H22ClNO/c1-5-7-17-15-11(6-2)18-12-8-9(3)14(16)10(4)13(12)15/h8,11,15,17H,5-7H2,1-4H3. The summed E-state index contributed by atoms with van der Waals surface area (Å²) < 4.78 is 6.06. The number of ether oxygens (including phenoxy) is 1. The fourth-order valence-electron chi connectivity index (χ4n) is 2.69. The number of benzene rings is 1. The van der Waals surface area contributed by atoms with Crippen molar-refractivity contribution in [3.63, 3.8) is 0 Å². The van der Waals surface area contributed by atoms with E-state index in [9.17, 15) is 0 Å². The minimum atomic E-state index is 0.225. The van der Waals surface area contributed by atoms with E-state index in [0.717, 1.165) is 41.3 Å². The normalized spacial score (nSPS) is 21.8. The van der Waals surface area contributed by atoms with Crippen LogP contribution in [0.2, 0.25) is 5.02 Å². The zero-order valence-corrected chi connectivity index (χ0v) is 12.4. The lowest BCUT2D eigenvalue weighted by Crippen LogP contribution is -2.31. The summed E-state index contributed by atoms with van der Waals surface area (Å²) in [5, 5.41) is 4.46. The van der Waals surface area contributed by atoms with Gasteiger partial charge in [-0.1, -0.05) is 25.4 Å². The van der Waals surface area contributed by atoms with E-state index in [1.807, 2.05) is 6.92 Å². The second-order valence-electron chi connectivity index (χ2n) is 5.04. The Kier molecular flexibility index (Phi) is 4.18. The predicted octanol–water partition coefficient (Wildman–Crippen LogP) is 4.17. The molecule has 0 saturated heterocycles. The van der Waals surface area contributed by atoms with E-state index in [2.05, 4.69) is 32.2 Å². The smallest absolute Gasteiger partial charge is 0.125 e. The Morgan fingerprint density at radius 2 is 2.06 bits per heavy atom. The first kappa shape index (κ1) is 13.7. The maximum Gasteiger partial charge on any atom is 0.125 e. The Hall–Kier alpha value is -0.730. The molecule has 0 saturated carbocycles. The molecule has 1 heterocycles. The summed E-state index contributed by atoms with van der Waals surface area (Å²) in [6, 6.07) is 2.35. The summed E-state index contributed by atoms with van der Waals surface area (Å²) in [4.78, 5) is 0. The summed E-state index contributed by atoms with van der Waals surface area (Å²) in [7, 11) is 0. The molecule has 0 aliphatic carbocycles. The summed E-state index contributed by atoms with van der Waals surface area (Å²) >= 11 is 6.37. The minimum absolute atomic E-state index is 0.225. The van der Waals surface area contributed by atoms with Crippen molar-refractivity contribution in [1.29, 1.82) is 0 Å². The molecule has 2 rings (SSSR count). The van der Waals surface area contributed by atoms with E-state index in [0.29, 0.717) is 0 Å². The number of hydrogen-bond donors (Lipinski definition) is 1. The molecule has 1 aromatic carbocycles. The van der Waals surface area contributed by atoms with E-state index in [1.165, 1.54) is 5.56 Å². The molecule has 3 heteroatoms. The van der Waals surface area contributed by atoms with E-state index < -0.39 is 0 Å². The predicted molar refractivity (Wildman–Crippen MR) is 76.7 cm³/mol. The van der Waals surface area contributed by atoms with Crippen LogP contribution in [0.5, 0.6) is 5.75 Å². The van der Waals surface area contributed by atoms with Crippen LogP contribution < -0.4 is 10.1 Å². The molecule has 0 bridgehead atoms. The van der Waals surface area contributed by atoms with Gasteiger partial charge in [0.15, 0.2) is 0 Å². The number of aryl methyl sites for hydroxylation is 1. The highest BCUT2D eigenvalue weighted by Gasteiger charge is 2.35. The fourth-order valence-corrected chi connectivity index (χ4v) is 2.85. The number of rotatable bonds is 4. The maximum atomic E-state index is 6.37. The highest BCUT2D eigenvalue weighted by Crippen LogP contribution is 2.43. The van der Waals surface area contributed by atoms with Crippen LogP contribution in [0.25, 0.3) is 0 Å². The van der Waals surface area contributed by atoms with Gasteiger partial charge in [0.2, 0.25) is 0 Å². The molecule has 100 valence electrons. The third-order valence-corrected chi connectivity index (χ3v) is 4.25. The van der Waals surface area contributed by atoms with Crippen molar-refractivity contribution in [2.24, 2.45) is 0 Å². The van der Waals surface area contributed by atoms with Crippen molar-refractivity contribution in [3.8, 4) is 5.75 Å². The summed E-state index contributed by atoms with van der Waals surface area (Å²) in [5.41, 5.74) is 3.51. The minimum Gasteiger partial charge on any atom is -0.488 e. The molecule has 0 fully saturated rings. The molecule has 0 radical (unpaired) electrons. The molecule has 1 aliphatic rings. The highest BCUT2D eigenvalue weighted by atomic mass is 35.5. The SMILES string of the molecule is CCCNC1c2c(cc(C)c(Cl)c2C)OC1CC. The molecule has 0 spiro atoms. The van der Waals surface area contributed by atoms with Gasteiger partial charge in [0, 0.05) is 10.6 Å². The quantitative estimate of drug-likeness (QED) is 0.884. The molecule has 2 atom stereocenters. The molecule has 1 N–H and O–H groups in total. The van der Waals surface area contributed by atoms with Crippen molar-refractivity contribution in [2.45, 2.75) is 52.7 Å². The van der Waals surface area contributed by atoms with E-state index >= 15 is 0 Å². The monoisotopic (exact) mass is 267 g/mol. The lowest BCUT2D eigenvalue weighted by molar-refractivity contribution is 0.185. The van der Waals surface area contributed by atoms with Gasteiger partial charge in [0.25, 0.3) is 0 Å². The van der Waals surface area contributed by atoms with Crippen LogP contribution in [0.15, 0.2) is 6.07 Å². The zero-order chi connectivity index (χ0) is 13.3. The van der Waals surface area contributed by atoms with Gasteiger partial charge < -0.3 is 10.1 Å². The molecular formula is C15H22ClNO. The largest absolute Gasteiger partial charge is 0.488 e. The number of hydrogen-bond acceptors (Lipinski definition) is 2. The maximum absolute atomic E-state index is 6.37. The first-order valence-corrected chi connectivity index (χ1v) is 7.17. The summed E-state index contributed by atoms with van der Waals surface area (Å²) in [6.07, 6.45) is 2.36. The van der Waals surface area contributed by atoms with Gasteiger partial charge in [-0.25, -0.2) is 0 Å². The molecule has 2 unspecified atom stereocenters. The third-order valence-electron chi connectivity index (χ3n) is 3.67. The lowest BCUT2D eigenvalue weighted by atomic mass is 9.96. The van der Waals surface area contributed by atoms with Gasteiger partial charge in [-0.15, -0.1) is 0 Å². The molecular weight excluding hydrogens is 246 g/mol. The van der Waals surface area contributed by atoms with Gasteiger partial charge >= 0.3 is 0 Å². The van der Waals surface area contributed by atoms with Gasteiger partial charge in [-0.2, -0.15) is 0 Å². The second kappa shape index (κ2) is 5.50. The van der Waals surface area contributed by atoms with Crippen molar-refractivity contribution < 1.29 is 4.74 Å². The van der Waals surface area contributed by atoms with Crippen molar-refractivity contribution in [3.05, 3.63) is 27.8 Å². The van der Waals surface area contributed by atoms with Gasteiger partial charge in [0.05, 0.1) is 6.04 Å². The van der Waals surface area contributed by atoms with Crippen LogP contribution in [0.3, 0.4) is 0 Å². The highest BCUT2D eigenvalue weighted by molar-refractivity contribution is 6.32. The zero-order valence-electron chi connectivity index (χ0n) is 11.6. The first-order chi connectivity index (χ1) is 8.60. The Morgan fingerprint density at radius 3 is 2.67 bits per heavy atom. The van der Waals surface area contributed by atoms with Crippen molar-refractivity contribution in [1.82, 2.24) is 5.32 Å². The molecule has 18 heavy (non-hydrogen) atoms. The number of halogens is 1. The molecule has 1 aliphatic heterocycles. The van der Waals surface area contributed by atoms with E-state index in [4.69, 9.17) is 16.3 Å². The topological polar surface area (TPSA) is 21.3 Å². The summed E-state index contributed by atoms with van der Waals surface area (Å²) in [6.45, 7) is 9.48. The van der Waals surface area contributed by atoms with Gasteiger partial charge in [-0.05, 0) is 50.4 Å². The fraction of sp³-hybridized carbons (Fsp3) is 0.600. The van der Waals surface area contributed by atoms with Crippen molar-refractivity contribution in [2.75, 3.05) is 6.54 Å².